The second kappa shape index (κ2) is 8.55. The van der Waals surface area contributed by atoms with E-state index in [4.69, 9.17) is 10.3 Å². The van der Waals surface area contributed by atoms with E-state index in [1.165, 1.54) is 0 Å². The Labute approximate surface area is 169 Å². The van der Waals surface area contributed by atoms with E-state index in [9.17, 15) is 44.4 Å². The minimum atomic E-state index is -3.57. The second-order valence-electron chi connectivity index (χ2n) is 6.71. The van der Waals surface area contributed by atoms with Gasteiger partial charge < -0.3 is 25.2 Å². The predicted octanol–water partition coefficient (Wildman–Crippen LogP) is -2.65. The zero-order valence-corrected chi connectivity index (χ0v) is 16.6. The molecule has 0 aromatic heterocycles. The third kappa shape index (κ3) is 3.19. The van der Waals surface area contributed by atoms with Crippen molar-refractivity contribution in [1.29, 1.82) is 0 Å². The van der Waals surface area contributed by atoms with Crippen molar-refractivity contribution in [3.05, 3.63) is 10.4 Å². The Morgan fingerprint density at radius 2 is 1.60 bits per heavy atom. The van der Waals surface area contributed by atoms with Gasteiger partial charge in [0, 0.05) is 18.8 Å². The molecule has 1 saturated heterocycles. The van der Waals surface area contributed by atoms with E-state index in [1.807, 2.05) is 0 Å². The van der Waals surface area contributed by atoms with Crippen LogP contribution in [0.3, 0.4) is 0 Å². The maximum atomic E-state index is 12.9. The first-order valence-electron chi connectivity index (χ1n) is 8.50. The summed E-state index contributed by atoms with van der Waals surface area (Å²) in [5.41, 5.74) is 1.43. The fourth-order valence-corrected chi connectivity index (χ4v) is 3.80. The monoisotopic (exact) mass is 430 g/mol. The summed E-state index contributed by atoms with van der Waals surface area (Å²) in [6.07, 6.45) is -4.45. The molecule has 1 fully saturated rings. The number of ketones is 3. The van der Waals surface area contributed by atoms with Crippen LogP contribution in [0.15, 0.2) is 5.11 Å². The van der Waals surface area contributed by atoms with E-state index in [2.05, 4.69) is 10.0 Å². The Morgan fingerprint density at radius 1 is 1.07 bits per heavy atom. The van der Waals surface area contributed by atoms with Gasteiger partial charge in [-0.1, -0.05) is 5.11 Å². The number of Topliss-reactive ketones (excluding diaryl/α,β-unsaturated/α-hetero) is 3. The standard InChI is InChI=1S/C16H22N4O10/c1-7(22)14(28)13(27)11(6-21)30-16(29,9(3)24)15(14,8(2)23)20(10(4)25)12(26)5-18-19-17/h11,13,21,27-29H,5-6H2,1-4H3/t11-,13-,14+,15+,16?/m1/s1. The highest BCUT2D eigenvalue weighted by Crippen LogP contribution is 2.49. The smallest absolute Gasteiger partial charge is 0.262 e. The van der Waals surface area contributed by atoms with Gasteiger partial charge in [-0.25, -0.2) is 0 Å². The van der Waals surface area contributed by atoms with E-state index in [0.29, 0.717) is 27.7 Å². The van der Waals surface area contributed by atoms with Gasteiger partial charge in [0.15, 0.2) is 23.0 Å². The number of nitrogens with zero attached hydrogens (tertiary/aromatic N) is 4. The quantitative estimate of drug-likeness (QED) is 0.186. The Bertz CT molecular complexity index is 840. The highest BCUT2D eigenvalue weighted by Gasteiger charge is 2.81. The minimum Gasteiger partial charge on any atom is -0.394 e. The molecule has 1 rings (SSSR count). The molecule has 2 amide bonds. The van der Waals surface area contributed by atoms with Gasteiger partial charge in [0.2, 0.25) is 17.4 Å². The molecule has 14 nitrogen and oxygen atoms in total. The van der Waals surface area contributed by atoms with Crippen molar-refractivity contribution in [3.63, 3.8) is 0 Å². The van der Waals surface area contributed by atoms with E-state index >= 15 is 0 Å². The van der Waals surface area contributed by atoms with Gasteiger partial charge in [-0.3, -0.25) is 28.9 Å². The number of hydrogen-bond acceptors (Lipinski definition) is 11. The molecule has 0 bridgehead atoms. The van der Waals surface area contributed by atoms with Crippen molar-refractivity contribution in [2.24, 2.45) is 5.11 Å². The summed E-state index contributed by atoms with van der Waals surface area (Å²) in [6.45, 7) is 0.413. The third-order valence-corrected chi connectivity index (χ3v) is 5.02. The molecule has 1 heterocycles. The van der Waals surface area contributed by atoms with Crippen LogP contribution in [0, 0.1) is 0 Å². The average Bonchev–Trinajstić information content (AvgIpc) is 2.64. The van der Waals surface area contributed by atoms with Crippen molar-refractivity contribution in [2.75, 3.05) is 13.2 Å². The number of aliphatic hydroxyl groups is 4. The van der Waals surface area contributed by atoms with Gasteiger partial charge in [0.05, 0.1) is 6.61 Å². The minimum absolute atomic E-state index is 0.135. The van der Waals surface area contributed by atoms with Crippen LogP contribution in [0.5, 0.6) is 0 Å². The molecule has 1 unspecified atom stereocenters. The molecule has 0 aliphatic carbocycles. The van der Waals surface area contributed by atoms with Crippen LogP contribution in [-0.4, -0.2) is 96.8 Å². The summed E-state index contributed by atoms with van der Waals surface area (Å²) in [5.74, 6) is -10.8. The van der Waals surface area contributed by atoms with Crippen LogP contribution in [-0.2, 0) is 28.7 Å². The molecule has 0 aromatic carbocycles. The van der Waals surface area contributed by atoms with E-state index < -0.39 is 71.5 Å². The van der Waals surface area contributed by atoms with E-state index in [-0.39, 0.29) is 4.90 Å². The van der Waals surface area contributed by atoms with Crippen molar-refractivity contribution < 1.29 is 49.1 Å². The maximum Gasteiger partial charge on any atom is 0.262 e. The van der Waals surface area contributed by atoms with Crippen molar-refractivity contribution in [2.45, 2.75) is 56.8 Å². The third-order valence-electron chi connectivity index (χ3n) is 5.02. The highest BCUT2D eigenvalue weighted by atomic mass is 16.7. The molecule has 1 aliphatic heterocycles. The van der Waals surface area contributed by atoms with E-state index in [0.717, 1.165) is 0 Å². The van der Waals surface area contributed by atoms with Crippen LogP contribution < -0.4 is 0 Å². The summed E-state index contributed by atoms with van der Waals surface area (Å²) >= 11 is 0. The number of ether oxygens (including phenoxy) is 1. The molecular formula is C16H22N4O10. The predicted molar refractivity (Wildman–Crippen MR) is 94.2 cm³/mol. The molecule has 0 spiro atoms. The molecule has 0 radical (unpaired) electrons. The molecule has 5 atom stereocenters. The first kappa shape index (κ1) is 25.3. The van der Waals surface area contributed by atoms with Gasteiger partial charge in [0.1, 0.15) is 18.8 Å². The van der Waals surface area contributed by atoms with Gasteiger partial charge in [-0.05, 0) is 19.4 Å². The van der Waals surface area contributed by atoms with Gasteiger partial charge in [-0.15, -0.1) is 0 Å². The number of aliphatic hydroxyl groups excluding tert-OH is 2. The molecule has 30 heavy (non-hydrogen) atoms. The first-order valence-corrected chi connectivity index (χ1v) is 8.50. The normalized spacial score (nSPS) is 33.2. The SMILES string of the molecule is CC(=O)N(C(=O)CN=[N+]=[N-])[C@]1(C(C)=O)C(O)(C(C)=O)O[C@H](CO)[C@@H](O)[C@@]1(O)C(C)=O. The average molecular weight is 430 g/mol. The lowest BCUT2D eigenvalue weighted by Gasteiger charge is -2.60. The van der Waals surface area contributed by atoms with Crippen LogP contribution >= 0.6 is 0 Å². The van der Waals surface area contributed by atoms with Crippen LogP contribution in [0.4, 0.5) is 0 Å². The lowest BCUT2D eigenvalue weighted by Crippen LogP contribution is -2.90. The summed E-state index contributed by atoms with van der Waals surface area (Å²) in [5, 5.41) is 45.4. The highest BCUT2D eigenvalue weighted by molar-refractivity contribution is 6.11. The van der Waals surface area contributed by atoms with E-state index in [1.54, 1.807) is 0 Å². The zero-order valence-electron chi connectivity index (χ0n) is 16.6. The summed E-state index contributed by atoms with van der Waals surface area (Å²) < 4.78 is 5.03. The second-order valence-corrected chi connectivity index (χ2v) is 6.71. The number of rotatable bonds is 7. The Balaban J connectivity index is 4.23. The maximum absolute atomic E-state index is 12.9. The number of carbonyl (C=O) groups is 5. The largest absolute Gasteiger partial charge is 0.394 e. The fraction of sp³-hybridized carbons (Fsp3) is 0.688. The Morgan fingerprint density at radius 3 is 1.93 bits per heavy atom. The number of amides is 2. The number of imide groups is 1. The number of carbonyl (C=O) groups excluding carboxylic acids is 5. The molecule has 0 aromatic rings. The van der Waals surface area contributed by atoms with Crippen LogP contribution in [0.1, 0.15) is 27.7 Å². The summed E-state index contributed by atoms with van der Waals surface area (Å²) in [7, 11) is 0. The first-order chi connectivity index (χ1) is 13.7. The Kier molecular flexibility index (Phi) is 7.21. The molecule has 0 saturated carbocycles. The van der Waals surface area contributed by atoms with Crippen LogP contribution in [0.2, 0.25) is 0 Å². The topological polar surface area (TPSA) is 227 Å². The van der Waals surface area contributed by atoms with Crippen molar-refractivity contribution in [3.8, 4) is 0 Å². The summed E-state index contributed by atoms with van der Waals surface area (Å²) in [6, 6.07) is 0. The fourth-order valence-electron chi connectivity index (χ4n) is 3.80. The number of azide groups is 1. The molecule has 4 N–H and O–H groups in total. The molecule has 14 heteroatoms. The van der Waals surface area contributed by atoms with Gasteiger partial charge >= 0.3 is 0 Å². The van der Waals surface area contributed by atoms with Gasteiger partial charge in [0.25, 0.3) is 5.79 Å². The molecule has 166 valence electrons. The molecule has 1 aliphatic rings. The van der Waals surface area contributed by atoms with Crippen LogP contribution in [0.25, 0.3) is 10.4 Å². The summed E-state index contributed by atoms with van der Waals surface area (Å²) in [4.78, 5) is 65.2. The lowest BCUT2D eigenvalue weighted by molar-refractivity contribution is -0.352. The molecular weight excluding hydrogens is 408 g/mol. The van der Waals surface area contributed by atoms with Crippen molar-refractivity contribution >= 4 is 29.2 Å². The zero-order chi connectivity index (χ0) is 23.7. The Hall–Kier alpha value is -2.74. The van der Waals surface area contributed by atoms with Crippen molar-refractivity contribution in [1.82, 2.24) is 4.90 Å². The van der Waals surface area contributed by atoms with Gasteiger partial charge in [-0.2, -0.15) is 0 Å². The lowest BCUT2D eigenvalue weighted by atomic mass is 9.61. The number of hydrogen-bond donors (Lipinski definition) is 4.